The number of carbonyl (C=O) groups is 1. The van der Waals surface area contributed by atoms with Gasteiger partial charge in [0, 0.05) is 6.42 Å². The molecule has 0 spiro atoms. The van der Waals surface area contributed by atoms with E-state index in [9.17, 15) is 9.90 Å². The molecule has 0 aromatic rings. The highest BCUT2D eigenvalue weighted by Crippen LogP contribution is 2.24. The van der Waals surface area contributed by atoms with Crippen molar-refractivity contribution >= 4 is 5.97 Å². The molecule has 1 saturated heterocycles. The van der Waals surface area contributed by atoms with Gasteiger partial charge in [-0.2, -0.15) is 0 Å². The minimum absolute atomic E-state index is 0.108. The van der Waals surface area contributed by atoms with Gasteiger partial charge in [0.2, 0.25) is 0 Å². The Bertz CT molecular complexity index is 177. The summed E-state index contributed by atoms with van der Waals surface area (Å²) in [7, 11) is 0. The van der Waals surface area contributed by atoms with E-state index in [1.54, 1.807) is 6.92 Å². The standard InChI is InChI=1S/C9H16O3/c1-5(2)8-4-7(10)6(3)9(11)12-8/h5-8,10H,4H2,1-3H3/t6-,7-,8+/m1/s1. The van der Waals surface area contributed by atoms with E-state index < -0.39 is 6.10 Å². The van der Waals surface area contributed by atoms with Crippen molar-refractivity contribution in [3.05, 3.63) is 0 Å². The van der Waals surface area contributed by atoms with Gasteiger partial charge in [-0.3, -0.25) is 4.79 Å². The molecular formula is C9H16O3. The van der Waals surface area contributed by atoms with E-state index >= 15 is 0 Å². The van der Waals surface area contributed by atoms with E-state index in [-0.39, 0.29) is 23.9 Å². The van der Waals surface area contributed by atoms with Crippen molar-refractivity contribution in [2.24, 2.45) is 11.8 Å². The van der Waals surface area contributed by atoms with Crippen LogP contribution in [0.4, 0.5) is 0 Å². The van der Waals surface area contributed by atoms with Crippen LogP contribution in [0.15, 0.2) is 0 Å². The van der Waals surface area contributed by atoms with Gasteiger partial charge in [-0.05, 0) is 12.8 Å². The summed E-state index contributed by atoms with van der Waals surface area (Å²) < 4.78 is 5.13. The topological polar surface area (TPSA) is 46.5 Å². The molecule has 0 aliphatic carbocycles. The Morgan fingerprint density at radius 1 is 1.58 bits per heavy atom. The maximum Gasteiger partial charge on any atom is 0.311 e. The van der Waals surface area contributed by atoms with E-state index in [1.165, 1.54) is 0 Å². The Morgan fingerprint density at radius 2 is 2.17 bits per heavy atom. The van der Waals surface area contributed by atoms with Crippen LogP contribution in [0.1, 0.15) is 27.2 Å². The highest BCUT2D eigenvalue weighted by Gasteiger charge is 2.35. The van der Waals surface area contributed by atoms with Crippen LogP contribution in [0.2, 0.25) is 0 Å². The molecule has 1 rings (SSSR count). The molecule has 0 radical (unpaired) electrons. The molecule has 0 saturated carbocycles. The van der Waals surface area contributed by atoms with Crippen molar-refractivity contribution in [2.75, 3.05) is 0 Å². The van der Waals surface area contributed by atoms with Crippen molar-refractivity contribution in [1.29, 1.82) is 0 Å². The maximum absolute atomic E-state index is 11.1. The minimum atomic E-state index is -0.529. The molecule has 12 heavy (non-hydrogen) atoms. The largest absolute Gasteiger partial charge is 0.462 e. The lowest BCUT2D eigenvalue weighted by molar-refractivity contribution is -0.171. The van der Waals surface area contributed by atoms with Crippen molar-refractivity contribution in [1.82, 2.24) is 0 Å². The second-order valence-electron chi connectivity index (χ2n) is 3.81. The van der Waals surface area contributed by atoms with Gasteiger partial charge in [0.05, 0.1) is 12.0 Å². The predicted octanol–water partition coefficient (Wildman–Crippen LogP) is 0.955. The predicted molar refractivity (Wildman–Crippen MR) is 44.5 cm³/mol. The Labute approximate surface area is 72.7 Å². The highest BCUT2D eigenvalue weighted by molar-refractivity contribution is 5.73. The van der Waals surface area contributed by atoms with E-state index in [0.717, 1.165) is 0 Å². The number of aliphatic hydroxyl groups is 1. The Balaban J connectivity index is 2.59. The lowest BCUT2D eigenvalue weighted by Crippen LogP contribution is -2.41. The lowest BCUT2D eigenvalue weighted by atomic mass is 9.91. The molecule has 0 amide bonds. The quantitative estimate of drug-likeness (QED) is 0.599. The Kier molecular flexibility index (Phi) is 2.73. The van der Waals surface area contributed by atoms with Gasteiger partial charge in [-0.1, -0.05) is 13.8 Å². The SMILES string of the molecule is CC(C)[C@@H]1C[C@@H](O)[C@@H](C)C(=O)O1. The summed E-state index contributed by atoms with van der Waals surface area (Å²) in [4.78, 5) is 11.1. The first kappa shape index (κ1) is 9.52. The zero-order valence-electron chi connectivity index (χ0n) is 7.78. The second-order valence-corrected chi connectivity index (χ2v) is 3.81. The first-order chi connectivity index (χ1) is 5.52. The van der Waals surface area contributed by atoms with Gasteiger partial charge in [-0.25, -0.2) is 0 Å². The van der Waals surface area contributed by atoms with Crippen LogP contribution in [0, 0.1) is 11.8 Å². The zero-order valence-corrected chi connectivity index (χ0v) is 7.78. The minimum Gasteiger partial charge on any atom is -0.462 e. The zero-order chi connectivity index (χ0) is 9.30. The number of rotatable bonds is 1. The summed E-state index contributed by atoms with van der Waals surface area (Å²) in [6, 6.07) is 0. The van der Waals surface area contributed by atoms with Crippen LogP contribution in [0.5, 0.6) is 0 Å². The first-order valence-electron chi connectivity index (χ1n) is 4.41. The number of cyclic esters (lactones) is 1. The number of hydrogen-bond acceptors (Lipinski definition) is 3. The number of esters is 1. The lowest BCUT2D eigenvalue weighted by Gasteiger charge is -2.32. The third-order valence-corrected chi connectivity index (χ3v) is 2.43. The van der Waals surface area contributed by atoms with Gasteiger partial charge < -0.3 is 9.84 Å². The smallest absolute Gasteiger partial charge is 0.311 e. The molecule has 1 heterocycles. The van der Waals surface area contributed by atoms with Crippen molar-refractivity contribution < 1.29 is 14.6 Å². The van der Waals surface area contributed by atoms with Gasteiger partial charge in [0.1, 0.15) is 6.10 Å². The van der Waals surface area contributed by atoms with Crippen LogP contribution in [-0.4, -0.2) is 23.3 Å². The van der Waals surface area contributed by atoms with Gasteiger partial charge in [0.15, 0.2) is 0 Å². The summed E-state index contributed by atoms with van der Waals surface area (Å²) in [5, 5.41) is 9.47. The fraction of sp³-hybridized carbons (Fsp3) is 0.889. The number of carbonyl (C=O) groups excluding carboxylic acids is 1. The first-order valence-corrected chi connectivity index (χ1v) is 4.41. The van der Waals surface area contributed by atoms with E-state index in [2.05, 4.69) is 0 Å². The fourth-order valence-electron chi connectivity index (χ4n) is 1.31. The highest BCUT2D eigenvalue weighted by atomic mass is 16.5. The van der Waals surface area contributed by atoms with Crippen LogP contribution in [-0.2, 0) is 9.53 Å². The van der Waals surface area contributed by atoms with E-state index in [1.807, 2.05) is 13.8 Å². The molecule has 0 unspecified atom stereocenters. The molecule has 0 aromatic carbocycles. The van der Waals surface area contributed by atoms with Crippen molar-refractivity contribution in [3.8, 4) is 0 Å². The summed E-state index contributed by atoms with van der Waals surface area (Å²) >= 11 is 0. The van der Waals surface area contributed by atoms with E-state index in [0.29, 0.717) is 6.42 Å². The average Bonchev–Trinajstić information content (AvgIpc) is 1.99. The molecule has 1 aliphatic heterocycles. The molecule has 1 fully saturated rings. The number of aliphatic hydroxyl groups excluding tert-OH is 1. The van der Waals surface area contributed by atoms with Crippen molar-refractivity contribution in [3.63, 3.8) is 0 Å². The van der Waals surface area contributed by atoms with Gasteiger partial charge in [-0.15, -0.1) is 0 Å². The molecular weight excluding hydrogens is 156 g/mol. The summed E-state index contributed by atoms with van der Waals surface area (Å²) in [6.45, 7) is 5.67. The molecule has 0 bridgehead atoms. The average molecular weight is 172 g/mol. The van der Waals surface area contributed by atoms with E-state index in [4.69, 9.17) is 4.74 Å². The van der Waals surface area contributed by atoms with Crippen LogP contribution >= 0.6 is 0 Å². The molecule has 3 heteroatoms. The normalized spacial score (nSPS) is 36.8. The number of hydrogen-bond donors (Lipinski definition) is 1. The maximum atomic E-state index is 11.1. The van der Waals surface area contributed by atoms with Gasteiger partial charge in [0.25, 0.3) is 0 Å². The summed E-state index contributed by atoms with van der Waals surface area (Å²) in [6.07, 6.45) is -0.0627. The molecule has 3 atom stereocenters. The van der Waals surface area contributed by atoms with Crippen LogP contribution in [0.25, 0.3) is 0 Å². The Hall–Kier alpha value is -0.570. The van der Waals surface area contributed by atoms with Crippen LogP contribution in [0.3, 0.4) is 0 Å². The fourth-order valence-corrected chi connectivity index (χ4v) is 1.31. The Morgan fingerprint density at radius 3 is 2.58 bits per heavy atom. The third kappa shape index (κ3) is 1.78. The molecule has 1 aliphatic rings. The summed E-state index contributed by atoms with van der Waals surface area (Å²) in [5.41, 5.74) is 0. The second kappa shape index (κ2) is 3.44. The summed E-state index contributed by atoms with van der Waals surface area (Å²) in [5.74, 6) is -0.344. The monoisotopic (exact) mass is 172 g/mol. The molecule has 3 nitrogen and oxygen atoms in total. The van der Waals surface area contributed by atoms with Crippen molar-refractivity contribution in [2.45, 2.75) is 39.4 Å². The van der Waals surface area contributed by atoms with Gasteiger partial charge >= 0.3 is 5.97 Å². The molecule has 70 valence electrons. The molecule has 1 N–H and O–H groups in total. The number of ether oxygens (including phenoxy) is 1. The third-order valence-electron chi connectivity index (χ3n) is 2.43. The molecule has 0 aromatic heterocycles. The van der Waals surface area contributed by atoms with Crippen LogP contribution < -0.4 is 0 Å².